The van der Waals surface area contributed by atoms with Crippen molar-refractivity contribution in [3.8, 4) is 11.4 Å². The fourth-order valence-corrected chi connectivity index (χ4v) is 3.20. The van der Waals surface area contributed by atoms with Gasteiger partial charge >= 0.3 is 0 Å². The van der Waals surface area contributed by atoms with Crippen LogP contribution in [-0.2, 0) is 13.0 Å². The fraction of sp³-hybridized carbons (Fsp3) is 0.263. The van der Waals surface area contributed by atoms with Crippen molar-refractivity contribution in [1.82, 2.24) is 19.7 Å². The number of amides is 1. The van der Waals surface area contributed by atoms with Gasteiger partial charge in [0.05, 0.1) is 0 Å². The van der Waals surface area contributed by atoms with Gasteiger partial charge in [-0.2, -0.15) is 0 Å². The predicted octanol–water partition coefficient (Wildman–Crippen LogP) is 2.61. The number of carbonyl (C=O) groups is 1. The van der Waals surface area contributed by atoms with Gasteiger partial charge in [-0.3, -0.25) is 9.59 Å². The molecule has 0 saturated carbocycles. The second-order valence-corrected chi connectivity index (χ2v) is 6.35. The summed E-state index contributed by atoms with van der Waals surface area (Å²) < 4.78 is 2.18. The highest BCUT2D eigenvalue weighted by Gasteiger charge is 2.16. The summed E-state index contributed by atoms with van der Waals surface area (Å²) in [5.74, 6) is 1.47. The average molecular weight is 349 g/mol. The molecule has 2 aromatic heterocycles. The van der Waals surface area contributed by atoms with Crippen molar-refractivity contribution < 1.29 is 4.79 Å². The minimum atomic E-state index is -0.434. The van der Waals surface area contributed by atoms with Crippen LogP contribution < -0.4 is 10.9 Å². The largest absolute Gasteiger partial charge is 0.328 e. The van der Waals surface area contributed by atoms with Gasteiger partial charge in [0.15, 0.2) is 5.82 Å². The van der Waals surface area contributed by atoms with Crippen LogP contribution in [0.3, 0.4) is 0 Å². The lowest BCUT2D eigenvalue weighted by Gasteiger charge is -2.08. The van der Waals surface area contributed by atoms with Crippen LogP contribution in [-0.4, -0.2) is 25.7 Å². The van der Waals surface area contributed by atoms with E-state index in [1.54, 1.807) is 6.07 Å². The Bertz CT molecular complexity index is 988. The minimum Gasteiger partial charge on any atom is -0.328 e. The molecule has 1 aliphatic heterocycles. The van der Waals surface area contributed by atoms with E-state index in [0.717, 1.165) is 43.0 Å². The van der Waals surface area contributed by atoms with E-state index in [4.69, 9.17) is 0 Å². The van der Waals surface area contributed by atoms with Crippen LogP contribution >= 0.6 is 0 Å². The third-order valence-corrected chi connectivity index (χ3v) is 4.57. The van der Waals surface area contributed by atoms with Crippen molar-refractivity contribution in [3.05, 3.63) is 64.3 Å². The van der Waals surface area contributed by atoms with E-state index in [1.165, 1.54) is 18.7 Å². The summed E-state index contributed by atoms with van der Waals surface area (Å²) in [4.78, 5) is 26.4. The molecule has 4 rings (SSSR count). The molecule has 0 aliphatic carbocycles. The Morgan fingerprint density at radius 1 is 1.08 bits per heavy atom. The lowest BCUT2D eigenvalue weighted by atomic mass is 10.2. The highest BCUT2D eigenvalue weighted by molar-refractivity contribution is 6.04. The molecule has 0 radical (unpaired) electrons. The Balaban J connectivity index is 1.54. The van der Waals surface area contributed by atoms with E-state index >= 15 is 0 Å². The van der Waals surface area contributed by atoms with Gasteiger partial charge in [0.25, 0.3) is 11.5 Å². The van der Waals surface area contributed by atoms with Crippen LogP contribution in [0, 0.1) is 0 Å². The number of hydrogen-bond donors (Lipinski definition) is 2. The zero-order valence-corrected chi connectivity index (χ0v) is 14.2. The molecule has 2 N–H and O–H groups in total. The van der Waals surface area contributed by atoms with Crippen molar-refractivity contribution in [2.24, 2.45) is 0 Å². The smallest absolute Gasteiger partial charge is 0.261 e. The van der Waals surface area contributed by atoms with Gasteiger partial charge in [-0.05, 0) is 49.2 Å². The molecular weight excluding hydrogens is 330 g/mol. The molecule has 0 fully saturated rings. The number of benzene rings is 1. The SMILES string of the molecule is O=C(Nc1ccc(-c2nnc3n2CCCCC3)cc1)c1ccc[nH]c1=O. The summed E-state index contributed by atoms with van der Waals surface area (Å²) in [6.45, 7) is 0.937. The van der Waals surface area contributed by atoms with Crippen LogP contribution in [0.5, 0.6) is 0 Å². The summed E-state index contributed by atoms with van der Waals surface area (Å²) in [5.41, 5.74) is 1.26. The normalized spacial score (nSPS) is 13.7. The molecule has 132 valence electrons. The Morgan fingerprint density at radius 2 is 1.92 bits per heavy atom. The van der Waals surface area contributed by atoms with Crippen molar-refractivity contribution in [3.63, 3.8) is 0 Å². The first-order valence-electron chi connectivity index (χ1n) is 8.74. The van der Waals surface area contributed by atoms with Gasteiger partial charge in [-0.1, -0.05) is 6.42 Å². The number of aromatic amines is 1. The fourth-order valence-electron chi connectivity index (χ4n) is 3.20. The van der Waals surface area contributed by atoms with E-state index in [0.29, 0.717) is 5.69 Å². The molecule has 1 aromatic carbocycles. The maximum absolute atomic E-state index is 12.2. The van der Waals surface area contributed by atoms with Gasteiger partial charge in [0, 0.05) is 30.4 Å². The van der Waals surface area contributed by atoms with E-state index in [2.05, 4.69) is 25.1 Å². The lowest BCUT2D eigenvalue weighted by molar-refractivity contribution is 0.102. The number of pyridine rings is 1. The molecule has 1 aliphatic rings. The number of hydrogen-bond acceptors (Lipinski definition) is 4. The van der Waals surface area contributed by atoms with Gasteiger partial charge in [0.2, 0.25) is 0 Å². The van der Waals surface area contributed by atoms with E-state index in [9.17, 15) is 9.59 Å². The van der Waals surface area contributed by atoms with Gasteiger partial charge in [-0.25, -0.2) is 0 Å². The van der Waals surface area contributed by atoms with Gasteiger partial charge < -0.3 is 14.9 Å². The van der Waals surface area contributed by atoms with Crippen LogP contribution in [0.1, 0.15) is 35.4 Å². The van der Waals surface area contributed by atoms with Crippen molar-refractivity contribution in [1.29, 1.82) is 0 Å². The molecule has 0 spiro atoms. The highest BCUT2D eigenvalue weighted by Crippen LogP contribution is 2.24. The minimum absolute atomic E-state index is 0.0827. The van der Waals surface area contributed by atoms with Gasteiger partial charge in [-0.15, -0.1) is 10.2 Å². The third-order valence-electron chi connectivity index (χ3n) is 4.57. The maximum Gasteiger partial charge on any atom is 0.261 e. The Labute approximate surface area is 150 Å². The molecule has 7 nitrogen and oxygen atoms in total. The summed E-state index contributed by atoms with van der Waals surface area (Å²) in [6, 6.07) is 10.6. The van der Waals surface area contributed by atoms with Crippen LogP contribution in [0.4, 0.5) is 5.69 Å². The second kappa shape index (κ2) is 6.95. The van der Waals surface area contributed by atoms with E-state index in [1.807, 2.05) is 24.3 Å². The van der Waals surface area contributed by atoms with Crippen LogP contribution in [0.15, 0.2) is 47.4 Å². The number of nitrogens with zero attached hydrogens (tertiary/aromatic N) is 3. The molecule has 0 bridgehead atoms. The van der Waals surface area contributed by atoms with Crippen LogP contribution in [0.2, 0.25) is 0 Å². The Kier molecular flexibility index (Phi) is 4.35. The average Bonchev–Trinajstić information content (AvgIpc) is 2.91. The first kappa shape index (κ1) is 16.3. The first-order valence-corrected chi connectivity index (χ1v) is 8.74. The molecular formula is C19H19N5O2. The van der Waals surface area contributed by atoms with Crippen molar-refractivity contribution in [2.75, 3.05) is 5.32 Å². The first-order chi connectivity index (χ1) is 12.7. The van der Waals surface area contributed by atoms with Crippen LogP contribution in [0.25, 0.3) is 11.4 Å². The molecule has 1 amide bonds. The zero-order valence-electron chi connectivity index (χ0n) is 14.2. The standard InChI is InChI=1S/C19H19N5O2/c25-18-15(5-4-11-20-18)19(26)21-14-9-7-13(8-10-14)17-23-22-16-6-2-1-3-12-24(16)17/h4-5,7-11H,1-3,6,12H2,(H,20,25)(H,21,26). The Hall–Kier alpha value is -3.22. The number of aromatic nitrogens is 4. The summed E-state index contributed by atoms with van der Waals surface area (Å²) >= 11 is 0. The predicted molar refractivity (Wildman–Crippen MR) is 98.0 cm³/mol. The maximum atomic E-state index is 12.2. The topological polar surface area (TPSA) is 92.7 Å². The number of nitrogens with one attached hydrogen (secondary N) is 2. The molecule has 7 heteroatoms. The summed E-state index contributed by atoms with van der Waals surface area (Å²) in [5, 5.41) is 11.4. The highest BCUT2D eigenvalue weighted by atomic mass is 16.2. The number of aryl methyl sites for hydroxylation is 1. The van der Waals surface area contributed by atoms with Crippen molar-refractivity contribution >= 4 is 11.6 Å². The third kappa shape index (κ3) is 3.15. The second-order valence-electron chi connectivity index (χ2n) is 6.35. The number of fused-ring (bicyclic) bond motifs is 1. The molecule has 0 saturated heterocycles. The van der Waals surface area contributed by atoms with Gasteiger partial charge in [0.1, 0.15) is 11.4 Å². The van der Waals surface area contributed by atoms with Crippen molar-refractivity contribution in [2.45, 2.75) is 32.2 Å². The molecule has 0 unspecified atom stereocenters. The molecule has 3 aromatic rings. The summed E-state index contributed by atoms with van der Waals surface area (Å²) in [6.07, 6.45) is 5.97. The number of anilines is 1. The number of rotatable bonds is 3. The Morgan fingerprint density at radius 3 is 2.73 bits per heavy atom. The number of H-pyrrole nitrogens is 1. The molecule has 3 heterocycles. The number of carbonyl (C=O) groups excluding carboxylic acids is 1. The van der Waals surface area contributed by atoms with E-state index in [-0.39, 0.29) is 5.56 Å². The van der Waals surface area contributed by atoms with E-state index < -0.39 is 11.5 Å². The monoisotopic (exact) mass is 349 g/mol. The molecule has 26 heavy (non-hydrogen) atoms. The lowest BCUT2D eigenvalue weighted by Crippen LogP contribution is -2.22. The quantitative estimate of drug-likeness (QED) is 0.760. The molecule has 0 atom stereocenters. The zero-order chi connectivity index (χ0) is 17.9. The summed E-state index contributed by atoms with van der Waals surface area (Å²) in [7, 11) is 0.